The second kappa shape index (κ2) is 6.44. The number of β-amino-alcohol motifs (C(OH)–C–C–N with tert-alkyl or cyclic N) is 1. The molecule has 1 aromatic rings. The van der Waals surface area contributed by atoms with E-state index in [1.807, 2.05) is 20.8 Å². The maximum Gasteiger partial charge on any atom is 0.243 e. The van der Waals surface area contributed by atoms with Gasteiger partial charge in [0, 0.05) is 6.54 Å². The van der Waals surface area contributed by atoms with Crippen molar-refractivity contribution in [3.63, 3.8) is 0 Å². The monoisotopic (exact) mass is 313 g/mol. The minimum Gasteiger partial charge on any atom is -0.389 e. The molecular weight excluding hydrogens is 290 g/mol. The van der Waals surface area contributed by atoms with Crippen LogP contribution in [0.1, 0.15) is 19.4 Å². The van der Waals surface area contributed by atoms with E-state index >= 15 is 0 Å². The Balaban J connectivity index is 2.40. The number of aryl methyl sites for hydroxylation is 1. The molecule has 2 rings (SSSR count). The van der Waals surface area contributed by atoms with E-state index in [4.69, 9.17) is 4.74 Å². The predicted molar refractivity (Wildman–Crippen MR) is 80.5 cm³/mol. The molecule has 0 amide bonds. The van der Waals surface area contributed by atoms with Gasteiger partial charge in [0.2, 0.25) is 10.0 Å². The van der Waals surface area contributed by atoms with Gasteiger partial charge >= 0.3 is 0 Å². The Kier molecular flexibility index (Phi) is 5.03. The molecule has 1 aromatic carbocycles. The third-order valence-corrected chi connectivity index (χ3v) is 5.66. The van der Waals surface area contributed by atoms with E-state index < -0.39 is 16.1 Å². The lowest BCUT2D eigenvalue weighted by molar-refractivity contribution is 0.0515. The molecule has 1 saturated heterocycles. The van der Waals surface area contributed by atoms with E-state index in [9.17, 15) is 13.5 Å². The van der Waals surface area contributed by atoms with Crippen LogP contribution in [-0.2, 0) is 14.8 Å². The summed E-state index contributed by atoms with van der Waals surface area (Å²) in [4.78, 5) is 0.257. The summed E-state index contributed by atoms with van der Waals surface area (Å²) in [7, 11) is -3.64. The standard InChI is InChI=1S/C15H23NO4S/c1-11(2)15-10-20-9-13(17)8-16(15)21(18,19)14-6-4-12(3)5-7-14/h4-7,11,13,15,17H,8-10H2,1-3H3/t13-,15+/m0/s1. The smallest absolute Gasteiger partial charge is 0.243 e. The Morgan fingerprint density at radius 3 is 2.43 bits per heavy atom. The summed E-state index contributed by atoms with van der Waals surface area (Å²) >= 11 is 0. The first-order valence-corrected chi connectivity index (χ1v) is 8.60. The Bertz CT molecular complexity index is 568. The molecule has 6 heteroatoms. The normalized spacial score (nSPS) is 25.0. The van der Waals surface area contributed by atoms with Crippen LogP contribution < -0.4 is 0 Å². The van der Waals surface area contributed by atoms with Crippen molar-refractivity contribution in [1.82, 2.24) is 4.31 Å². The van der Waals surface area contributed by atoms with Gasteiger partial charge in [-0.3, -0.25) is 0 Å². The Morgan fingerprint density at radius 2 is 1.86 bits per heavy atom. The van der Waals surface area contributed by atoms with Crippen LogP contribution in [0.4, 0.5) is 0 Å². The first-order valence-electron chi connectivity index (χ1n) is 7.16. The fraction of sp³-hybridized carbons (Fsp3) is 0.600. The van der Waals surface area contributed by atoms with Crippen LogP contribution in [0.25, 0.3) is 0 Å². The van der Waals surface area contributed by atoms with Crippen molar-refractivity contribution in [2.24, 2.45) is 5.92 Å². The van der Waals surface area contributed by atoms with Crippen LogP contribution in [0.3, 0.4) is 0 Å². The summed E-state index contributed by atoms with van der Waals surface area (Å²) in [6.07, 6.45) is -0.797. The molecule has 2 atom stereocenters. The van der Waals surface area contributed by atoms with Gasteiger partial charge in [-0.05, 0) is 25.0 Å². The highest BCUT2D eigenvalue weighted by molar-refractivity contribution is 7.89. The van der Waals surface area contributed by atoms with Gasteiger partial charge in [0.25, 0.3) is 0 Å². The van der Waals surface area contributed by atoms with Gasteiger partial charge in [0.15, 0.2) is 0 Å². The molecule has 0 bridgehead atoms. The second-order valence-electron chi connectivity index (χ2n) is 5.89. The molecule has 118 valence electrons. The number of ether oxygens (including phenoxy) is 1. The van der Waals surface area contributed by atoms with Crippen molar-refractivity contribution in [3.8, 4) is 0 Å². The molecule has 0 saturated carbocycles. The summed E-state index contributed by atoms with van der Waals surface area (Å²) in [6.45, 7) is 6.38. The Morgan fingerprint density at radius 1 is 1.24 bits per heavy atom. The fourth-order valence-electron chi connectivity index (χ4n) is 2.45. The van der Waals surface area contributed by atoms with Gasteiger partial charge in [-0.1, -0.05) is 31.5 Å². The van der Waals surface area contributed by atoms with Crippen molar-refractivity contribution in [2.45, 2.75) is 37.8 Å². The molecular formula is C15H23NO4S. The first-order chi connectivity index (χ1) is 9.82. The molecule has 0 unspecified atom stereocenters. The highest BCUT2D eigenvalue weighted by Crippen LogP contribution is 2.24. The molecule has 1 aliphatic rings. The topological polar surface area (TPSA) is 66.8 Å². The number of rotatable bonds is 3. The summed E-state index contributed by atoms with van der Waals surface area (Å²) in [5.74, 6) is 0.107. The van der Waals surface area contributed by atoms with Crippen LogP contribution in [0, 0.1) is 12.8 Å². The SMILES string of the molecule is Cc1ccc(S(=O)(=O)N2C[C@H](O)COC[C@@H]2C(C)C)cc1. The third-order valence-electron chi connectivity index (χ3n) is 3.76. The average Bonchev–Trinajstić information content (AvgIpc) is 2.61. The lowest BCUT2D eigenvalue weighted by Crippen LogP contribution is -2.46. The van der Waals surface area contributed by atoms with E-state index in [1.54, 1.807) is 24.3 Å². The van der Waals surface area contributed by atoms with Crippen LogP contribution in [0.5, 0.6) is 0 Å². The molecule has 0 aromatic heterocycles. The van der Waals surface area contributed by atoms with Crippen molar-refractivity contribution < 1.29 is 18.3 Å². The average molecular weight is 313 g/mol. The number of benzene rings is 1. The number of aliphatic hydroxyl groups excluding tert-OH is 1. The summed E-state index contributed by atoms with van der Waals surface area (Å²) in [5, 5.41) is 9.88. The molecule has 21 heavy (non-hydrogen) atoms. The zero-order valence-electron chi connectivity index (χ0n) is 12.7. The van der Waals surface area contributed by atoms with Crippen molar-refractivity contribution in [3.05, 3.63) is 29.8 Å². The van der Waals surface area contributed by atoms with Gasteiger partial charge in [0.05, 0.1) is 30.3 Å². The minimum atomic E-state index is -3.64. The van der Waals surface area contributed by atoms with E-state index in [2.05, 4.69) is 0 Å². The second-order valence-corrected chi connectivity index (χ2v) is 7.78. The molecule has 1 aliphatic heterocycles. The Hall–Kier alpha value is -0.950. The van der Waals surface area contributed by atoms with Crippen LogP contribution in [0.2, 0.25) is 0 Å². The van der Waals surface area contributed by atoms with Crippen LogP contribution in [-0.4, -0.2) is 49.7 Å². The van der Waals surface area contributed by atoms with Gasteiger partial charge < -0.3 is 9.84 Å². The zero-order chi connectivity index (χ0) is 15.6. The molecule has 1 N–H and O–H groups in total. The first kappa shape index (κ1) is 16.4. The number of hydrogen-bond acceptors (Lipinski definition) is 4. The number of aliphatic hydroxyl groups is 1. The van der Waals surface area contributed by atoms with E-state index in [-0.39, 0.29) is 30.0 Å². The van der Waals surface area contributed by atoms with Crippen molar-refractivity contribution in [1.29, 1.82) is 0 Å². The lowest BCUT2D eigenvalue weighted by atomic mass is 10.1. The maximum absolute atomic E-state index is 12.9. The molecule has 0 spiro atoms. The predicted octanol–water partition coefficient (Wildman–Crippen LogP) is 1.40. The summed E-state index contributed by atoms with van der Waals surface area (Å²) in [5.41, 5.74) is 1.01. The Labute approximate surface area is 126 Å². The maximum atomic E-state index is 12.9. The van der Waals surface area contributed by atoms with E-state index in [0.717, 1.165) is 5.56 Å². The number of nitrogens with zero attached hydrogens (tertiary/aromatic N) is 1. The number of hydrogen-bond donors (Lipinski definition) is 1. The van der Waals surface area contributed by atoms with Gasteiger partial charge in [-0.25, -0.2) is 8.42 Å². The lowest BCUT2D eigenvalue weighted by Gasteiger charge is -2.31. The highest BCUT2D eigenvalue weighted by Gasteiger charge is 2.36. The summed E-state index contributed by atoms with van der Waals surface area (Å²) < 4.78 is 32.5. The van der Waals surface area contributed by atoms with Crippen LogP contribution in [0.15, 0.2) is 29.2 Å². The largest absolute Gasteiger partial charge is 0.389 e. The van der Waals surface area contributed by atoms with Gasteiger partial charge in [-0.15, -0.1) is 0 Å². The molecule has 0 aliphatic carbocycles. The van der Waals surface area contributed by atoms with Crippen molar-refractivity contribution >= 4 is 10.0 Å². The zero-order valence-corrected chi connectivity index (χ0v) is 13.5. The van der Waals surface area contributed by atoms with E-state index in [1.165, 1.54) is 4.31 Å². The van der Waals surface area contributed by atoms with E-state index in [0.29, 0.717) is 6.61 Å². The quantitative estimate of drug-likeness (QED) is 0.916. The number of sulfonamides is 1. The summed E-state index contributed by atoms with van der Waals surface area (Å²) in [6, 6.07) is 6.51. The highest BCUT2D eigenvalue weighted by atomic mass is 32.2. The fourth-order valence-corrected chi connectivity index (χ4v) is 4.23. The molecule has 1 fully saturated rings. The molecule has 5 nitrogen and oxygen atoms in total. The third kappa shape index (κ3) is 3.63. The minimum absolute atomic E-state index is 0.0685. The molecule has 1 heterocycles. The van der Waals surface area contributed by atoms with Gasteiger partial charge in [-0.2, -0.15) is 4.31 Å². The molecule has 0 radical (unpaired) electrons. The van der Waals surface area contributed by atoms with Crippen molar-refractivity contribution in [2.75, 3.05) is 19.8 Å². The van der Waals surface area contributed by atoms with Gasteiger partial charge in [0.1, 0.15) is 0 Å². The van der Waals surface area contributed by atoms with Crippen LogP contribution >= 0.6 is 0 Å².